The van der Waals surface area contributed by atoms with Crippen LogP contribution in [0.4, 0.5) is 0 Å². The quantitative estimate of drug-likeness (QED) is 0.906. The number of rotatable bonds is 2. The number of hydrogen-bond acceptors (Lipinski definition) is 5. The second-order valence-corrected chi connectivity index (χ2v) is 4.35. The Kier molecular flexibility index (Phi) is 6.61. The summed E-state index contributed by atoms with van der Waals surface area (Å²) in [6, 6.07) is 5.32. The van der Waals surface area contributed by atoms with Crippen molar-refractivity contribution in [3.05, 3.63) is 36.3 Å². The monoisotopic (exact) mass is 330 g/mol. The predicted molar refractivity (Wildman–Crippen MR) is 83.0 cm³/mol. The van der Waals surface area contributed by atoms with Crippen LogP contribution in [0.5, 0.6) is 0 Å². The molecule has 1 aliphatic heterocycles. The number of pyridine rings is 1. The molecule has 21 heavy (non-hydrogen) atoms. The lowest BCUT2D eigenvalue weighted by Gasteiger charge is -2.26. The van der Waals surface area contributed by atoms with E-state index < -0.39 is 0 Å². The molecule has 3 heterocycles. The van der Waals surface area contributed by atoms with E-state index in [0.29, 0.717) is 24.5 Å². The Bertz CT molecular complexity index is 571. The number of carbonyl (C=O) groups excluding carboxylic acids is 1. The molecule has 1 aliphatic rings. The Morgan fingerprint density at radius 2 is 1.86 bits per heavy atom. The molecule has 1 N–H and O–H groups in total. The maximum absolute atomic E-state index is 12.2. The zero-order chi connectivity index (χ0) is 13.1. The van der Waals surface area contributed by atoms with E-state index in [9.17, 15) is 4.79 Å². The largest absolute Gasteiger partial charge is 0.355 e. The number of carbonyl (C=O) groups is 1. The molecule has 0 spiro atoms. The van der Waals surface area contributed by atoms with Gasteiger partial charge in [0.2, 0.25) is 0 Å². The molecule has 6 nitrogen and oxygen atoms in total. The van der Waals surface area contributed by atoms with E-state index in [0.717, 1.165) is 18.7 Å². The van der Waals surface area contributed by atoms with Crippen LogP contribution in [0.2, 0.25) is 0 Å². The molecule has 2 aromatic rings. The Morgan fingerprint density at radius 1 is 1.19 bits per heavy atom. The van der Waals surface area contributed by atoms with Crippen LogP contribution in [0.25, 0.3) is 11.3 Å². The molecular formula is C13H16Cl2N4O2. The molecule has 0 unspecified atom stereocenters. The van der Waals surface area contributed by atoms with Gasteiger partial charge in [-0.15, -0.1) is 24.8 Å². The third-order valence-electron chi connectivity index (χ3n) is 3.10. The van der Waals surface area contributed by atoms with E-state index in [-0.39, 0.29) is 30.7 Å². The molecule has 1 amide bonds. The third-order valence-corrected chi connectivity index (χ3v) is 3.10. The van der Waals surface area contributed by atoms with E-state index in [1.54, 1.807) is 23.4 Å². The first kappa shape index (κ1) is 17.4. The zero-order valence-electron chi connectivity index (χ0n) is 11.2. The highest BCUT2D eigenvalue weighted by molar-refractivity contribution is 5.93. The Labute approximate surface area is 134 Å². The van der Waals surface area contributed by atoms with Crippen LogP contribution >= 0.6 is 24.8 Å². The van der Waals surface area contributed by atoms with Gasteiger partial charge in [-0.1, -0.05) is 5.16 Å². The molecule has 8 heteroatoms. The number of nitrogens with one attached hydrogen (secondary N) is 1. The first-order valence-electron chi connectivity index (χ1n) is 6.22. The van der Waals surface area contributed by atoms with Crippen LogP contribution in [0, 0.1) is 0 Å². The van der Waals surface area contributed by atoms with Crippen LogP contribution in [-0.4, -0.2) is 47.1 Å². The average Bonchev–Trinajstić information content (AvgIpc) is 2.98. The lowest BCUT2D eigenvalue weighted by Crippen LogP contribution is -2.46. The lowest BCUT2D eigenvalue weighted by molar-refractivity contribution is 0.0725. The molecule has 0 bridgehead atoms. The van der Waals surface area contributed by atoms with Gasteiger partial charge in [-0.05, 0) is 12.1 Å². The van der Waals surface area contributed by atoms with Crippen molar-refractivity contribution in [3.63, 3.8) is 0 Å². The van der Waals surface area contributed by atoms with Gasteiger partial charge in [0.15, 0.2) is 11.5 Å². The fourth-order valence-electron chi connectivity index (χ4n) is 2.06. The first-order valence-corrected chi connectivity index (χ1v) is 6.22. The van der Waals surface area contributed by atoms with Gasteiger partial charge in [-0.3, -0.25) is 9.78 Å². The normalized spacial score (nSPS) is 14.0. The van der Waals surface area contributed by atoms with E-state index >= 15 is 0 Å². The van der Waals surface area contributed by atoms with Crippen molar-refractivity contribution < 1.29 is 9.32 Å². The Balaban J connectivity index is 0.00000110. The van der Waals surface area contributed by atoms with E-state index in [1.807, 2.05) is 12.1 Å². The molecule has 0 radical (unpaired) electrons. The minimum absolute atomic E-state index is 0. The van der Waals surface area contributed by atoms with E-state index in [4.69, 9.17) is 4.52 Å². The second kappa shape index (κ2) is 7.97. The first-order chi connectivity index (χ1) is 9.34. The van der Waals surface area contributed by atoms with Gasteiger partial charge in [0.05, 0.1) is 0 Å². The molecule has 2 aromatic heterocycles. The predicted octanol–water partition coefficient (Wildman–Crippen LogP) is 1.63. The summed E-state index contributed by atoms with van der Waals surface area (Å²) in [6.45, 7) is 3.05. The van der Waals surface area contributed by atoms with Crippen molar-refractivity contribution in [3.8, 4) is 11.3 Å². The topological polar surface area (TPSA) is 71.3 Å². The summed E-state index contributed by atoms with van der Waals surface area (Å²) in [6.07, 6.45) is 3.35. The standard InChI is InChI=1S/C13H14N4O2.2ClH/c18-13(17-7-5-15-6-8-17)11-9-12(19-16-11)10-1-3-14-4-2-10;;/h1-4,9,15H,5-8H2;2*1H. The molecule has 3 rings (SSSR count). The van der Waals surface area contributed by atoms with Gasteiger partial charge in [0, 0.05) is 50.2 Å². The van der Waals surface area contributed by atoms with Gasteiger partial charge >= 0.3 is 0 Å². The molecule has 1 saturated heterocycles. The minimum Gasteiger partial charge on any atom is -0.355 e. The van der Waals surface area contributed by atoms with Crippen LogP contribution in [0.15, 0.2) is 35.1 Å². The van der Waals surface area contributed by atoms with Gasteiger partial charge in [0.1, 0.15) is 0 Å². The van der Waals surface area contributed by atoms with Crippen LogP contribution in [-0.2, 0) is 0 Å². The summed E-state index contributed by atoms with van der Waals surface area (Å²) in [7, 11) is 0. The van der Waals surface area contributed by atoms with Crippen molar-refractivity contribution >= 4 is 30.7 Å². The highest BCUT2D eigenvalue weighted by Crippen LogP contribution is 2.19. The molecule has 1 fully saturated rings. The molecule has 0 aromatic carbocycles. The van der Waals surface area contributed by atoms with Crippen molar-refractivity contribution in [2.24, 2.45) is 0 Å². The maximum atomic E-state index is 12.2. The average molecular weight is 331 g/mol. The van der Waals surface area contributed by atoms with Crippen molar-refractivity contribution in [2.75, 3.05) is 26.2 Å². The summed E-state index contributed by atoms with van der Waals surface area (Å²) in [4.78, 5) is 17.9. The summed E-state index contributed by atoms with van der Waals surface area (Å²) < 4.78 is 5.22. The number of amides is 1. The Morgan fingerprint density at radius 3 is 2.52 bits per heavy atom. The summed E-state index contributed by atoms with van der Waals surface area (Å²) in [5, 5.41) is 7.07. The Hall–Kier alpha value is -1.63. The highest BCUT2D eigenvalue weighted by Gasteiger charge is 2.21. The van der Waals surface area contributed by atoms with Gasteiger partial charge in [0.25, 0.3) is 5.91 Å². The van der Waals surface area contributed by atoms with Crippen LogP contribution in [0.3, 0.4) is 0 Å². The third kappa shape index (κ3) is 3.93. The molecular weight excluding hydrogens is 315 g/mol. The summed E-state index contributed by atoms with van der Waals surface area (Å²) in [5.74, 6) is 0.506. The fraction of sp³-hybridized carbons (Fsp3) is 0.308. The van der Waals surface area contributed by atoms with Gasteiger partial charge < -0.3 is 14.7 Å². The number of hydrogen-bond donors (Lipinski definition) is 1. The van der Waals surface area contributed by atoms with Crippen molar-refractivity contribution in [2.45, 2.75) is 0 Å². The summed E-state index contributed by atoms with van der Waals surface area (Å²) in [5.41, 5.74) is 1.22. The SMILES string of the molecule is Cl.Cl.O=C(c1cc(-c2ccncc2)on1)N1CCNCC1. The second-order valence-electron chi connectivity index (χ2n) is 4.35. The number of nitrogens with zero attached hydrogens (tertiary/aromatic N) is 3. The number of aromatic nitrogens is 2. The van der Waals surface area contributed by atoms with Gasteiger partial charge in [-0.2, -0.15) is 0 Å². The van der Waals surface area contributed by atoms with Crippen molar-refractivity contribution in [1.29, 1.82) is 0 Å². The minimum atomic E-state index is -0.0782. The smallest absolute Gasteiger partial charge is 0.276 e. The maximum Gasteiger partial charge on any atom is 0.276 e. The zero-order valence-corrected chi connectivity index (χ0v) is 12.8. The molecule has 114 valence electrons. The van der Waals surface area contributed by atoms with E-state index in [2.05, 4.69) is 15.5 Å². The highest BCUT2D eigenvalue weighted by atomic mass is 35.5. The number of halogens is 2. The summed E-state index contributed by atoms with van der Waals surface area (Å²) >= 11 is 0. The lowest BCUT2D eigenvalue weighted by atomic mass is 10.2. The van der Waals surface area contributed by atoms with Crippen LogP contribution < -0.4 is 5.32 Å². The number of piperazine rings is 1. The van der Waals surface area contributed by atoms with Crippen molar-refractivity contribution in [1.82, 2.24) is 20.4 Å². The van der Waals surface area contributed by atoms with Gasteiger partial charge in [-0.25, -0.2) is 0 Å². The van der Waals surface area contributed by atoms with E-state index in [1.165, 1.54) is 0 Å². The molecule has 0 aliphatic carbocycles. The molecule has 0 saturated carbocycles. The fourth-order valence-corrected chi connectivity index (χ4v) is 2.06. The van der Waals surface area contributed by atoms with Crippen LogP contribution in [0.1, 0.15) is 10.5 Å². The molecule has 0 atom stereocenters.